The Morgan fingerprint density at radius 1 is 0.975 bits per heavy atom. The second-order valence-electron chi connectivity index (χ2n) is 9.45. The number of ether oxygens (including phenoxy) is 1. The van der Waals surface area contributed by atoms with E-state index in [1.165, 1.54) is 0 Å². The first kappa shape index (κ1) is 25.3. The summed E-state index contributed by atoms with van der Waals surface area (Å²) in [5, 5.41) is 13.4. The summed E-state index contributed by atoms with van der Waals surface area (Å²) >= 11 is 5.83. The number of rotatable bonds is 7. The van der Waals surface area contributed by atoms with Gasteiger partial charge in [0.15, 0.2) is 5.11 Å². The second kappa shape index (κ2) is 10.7. The quantitative estimate of drug-likeness (QED) is 0.205. The molecule has 6 rings (SSSR count). The number of furan rings is 1. The highest BCUT2D eigenvalue weighted by molar-refractivity contribution is 7.80. The summed E-state index contributed by atoms with van der Waals surface area (Å²) in [5.74, 6) is 1.76. The maximum Gasteiger partial charge on any atom is 0.335 e. The zero-order chi connectivity index (χ0) is 27.6. The first-order valence-corrected chi connectivity index (χ1v) is 13.2. The van der Waals surface area contributed by atoms with Crippen LogP contribution in [0.1, 0.15) is 39.5 Å². The Labute approximate surface area is 236 Å². The standard InChI is InChI=1S/C32H25N3O4S/c1-20-7-2-3-11-26(20)38-24-14-12-23(13-15-24)35-30(29(34-32(35)40)25-10-4-5-18-33-25)28-17-16-27(39-28)21-8-6-9-22(19-21)31(36)37/h2-19,29-30H,1H3,(H,34,40)(H,36,37)/t29-,30-/m1/s1. The molecule has 0 unspecified atom stereocenters. The molecule has 0 radical (unpaired) electrons. The molecule has 1 saturated heterocycles. The fourth-order valence-corrected chi connectivity index (χ4v) is 5.21. The third-order valence-electron chi connectivity index (χ3n) is 6.85. The average Bonchev–Trinajstić information content (AvgIpc) is 3.60. The molecule has 40 heavy (non-hydrogen) atoms. The highest BCUT2D eigenvalue weighted by Crippen LogP contribution is 2.43. The fraction of sp³-hybridized carbons (Fsp3) is 0.0938. The highest BCUT2D eigenvalue weighted by atomic mass is 32.1. The SMILES string of the molecule is Cc1ccccc1Oc1ccc(N2C(=S)N[C@H](c3ccccn3)[C@H]2c2ccc(-c3cccc(C(=O)O)c3)o2)cc1. The van der Waals surface area contributed by atoms with E-state index in [9.17, 15) is 9.90 Å². The van der Waals surface area contributed by atoms with Crippen molar-refractivity contribution >= 4 is 29.0 Å². The third kappa shape index (κ3) is 4.92. The van der Waals surface area contributed by atoms with Crippen molar-refractivity contribution in [3.8, 4) is 22.8 Å². The van der Waals surface area contributed by atoms with E-state index in [4.69, 9.17) is 21.4 Å². The van der Waals surface area contributed by atoms with Crippen molar-refractivity contribution in [3.05, 3.63) is 132 Å². The summed E-state index contributed by atoms with van der Waals surface area (Å²) in [7, 11) is 0. The molecule has 0 saturated carbocycles. The first-order chi connectivity index (χ1) is 19.5. The van der Waals surface area contributed by atoms with Crippen molar-refractivity contribution < 1.29 is 19.1 Å². The van der Waals surface area contributed by atoms with Gasteiger partial charge in [-0.2, -0.15) is 0 Å². The van der Waals surface area contributed by atoms with Crippen LogP contribution >= 0.6 is 12.2 Å². The van der Waals surface area contributed by atoms with Gasteiger partial charge in [0.05, 0.1) is 17.3 Å². The number of carboxylic acids is 1. The molecule has 0 bridgehead atoms. The lowest BCUT2D eigenvalue weighted by Crippen LogP contribution is -2.29. The molecule has 8 heteroatoms. The van der Waals surface area contributed by atoms with E-state index >= 15 is 0 Å². The number of para-hydroxylation sites is 1. The van der Waals surface area contributed by atoms with Gasteiger partial charge in [0.2, 0.25) is 0 Å². The minimum absolute atomic E-state index is 0.195. The lowest BCUT2D eigenvalue weighted by atomic mass is 10.0. The van der Waals surface area contributed by atoms with E-state index in [1.807, 2.05) is 96.8 Å². The van der Waals surface area contributed by atoms with Crippen molar-refractivity contribution in [1.29, 1.82) is 0 Å². The lowest BCUT2D eigenvalue weighted by Gasteiger charge is -2.26. The minimum Gasteiger partial charge on any atom is -0.478 e. The predicted octanol–water partition coefficient (Wildman–Crippen LogP) is 7.32. The van der Waals surface area contributed by atoms with Gasteiger partial charge in [-0.1, -0.05) is 36.4 Å². The van der Waals surface area contributed by atoms with Crippen molar-refractivity contribution in [2.45, 2.75) is 19.0 Å². The molecule has 2 aromatic heterocycles. The van der Waals surface area contributed by atoms with Gasteiger partial charge in [-0.15, -0.1) is 0 Å². The van der Waals surface area contributed by atoms with Crippen LogP contribution in [-0.4, -0.2) is 21.2 Å². The van der Waals surface area contributed by atoms with E-state index < -0.39 is 5.97 Å². The summed E-state index contributed by atoms with van der Waals surface area (Å²) in [6.45, 7) is 2.01. The highest BCUT2D eigenvalue weighted by Gasteiger charge is 2.42. The Bertz CT molecular complexity index is 1680. The number of aryl methyl sites for hydroxylation is 1. The van der Waals surface area contributed by atoms with Gasteiger partial charge in [0, 0.05) is 17.4 Å². The maximum atomic E-state index is 11.5. The van der Waals surface area contributed by atoms with E-state index in [-0.39, 0.29) is 17.6 Å². The third-order valence-corrected chi connectivity index (χ3v) is 7.16. The van der Waals surface area contributed by atoms with Crippen LogP contribution in [0.4, 0.5) is 5.69 Å². The van der Waals surface area contributed by atoms with Crippen LogP contribution < -0.4 is 15.0 Å². The van der Waals surface area contributed by atoms with Crippen LogP contribution in [0.3, 0.4) is 0 Å². The fourth-order valence-electron chi connectivity index (χ4n) is 4.87. The van der Waals surface area contributed by atoms with Gasteiger partial charge in [0.1, 0.15) is 29.1 Å². The largest absolute Gasteiger partial charge is 0.478 e. The number of pyridine rings is 1. The Morgan fingerprint density at radius 3 is 2.52 bits per heavy atom. The first-order valence-electron chi connectivity index (χ1n) is 12.8. The van der Waals surface area contributed by atoms with Gasteiger partial charge >= 0.3 is 5.97 Å². The van der Waals surface area contributed by atoms with Gasteiger partial charge < -0.3 is 24.5 Å². The molecule has 0 aliphatic carbocycles. The van der Waals surface area contributed by atoms with E-state index in [1.54, 1.807) is 24.4 Å². The molecule has 2 atom stereocenters. The normalized spacial score (nSPS) is 16.5. The molecule has 3 heterocycles. The van der Waals surface area contributed by atoms with Crippen LogP contribution in [0.25, 0.3) is 11.3 Å². The van der Waals surface area contributed by atoms with Crippen LogP contribution in [0, 0.1) is 6.92 Å². The van der Waals surface area contributed by atoms with Crippen molar-refractivity contribution in [1.82, 2.24) is 10.3 Å². The molecule has 1 fully saturated rings. The number of nitrogens with zero attached hydrogens (tertiary/aromatic N) is 2. The lowest BCUT2D eigenvalue weighted by molar-refractivity contribution is 0.0697. The summed E-state index contributed by atoms with van der Waals surface area (Å²) in [6, 6.07) is 31.2. The van der Waals surface area contributed by atoms with E-state index in [0.717, 1.165) is 22.7 Å². The average molecular weight is 548 g/mol. The molecule has 0 spiro atoms. The Hall–Kier alpha value is -4.95. The number of aromatic carboxylic acids is 1. The topological polar surface area (TPSA) is 87.8 Å². The number of anilines is 1. The van der Waals surface area contributed by atoms with Crippen molar-refractivity contribution in [2.75, 3.05) is 4.90 Å². The zero-order valence-electron chi connectivity index (χ0n) is 21.5. The minimum atomic E-state index is -0.991. The molecular formula is C32H25N3O4S. The number of hydrogen-bond acceptors (Lipinski definition) is 5. The van der Waals surface area contributed by atoms with Crippen LogP contribution in [-0.2, 0) is 0 Å². The number of nitrogens with one attached hydrogen (secondary N) is 1. The number of thiocarbonyl (C=S) groups is 1. The summed E-state index contributed by atoms with van der Waals surface area (Å²) in [6.07, 6.45) is 1.75. The van der Waals surface area contributed by atoms with Gasteiger partial charge in [-0.25, -0.2) is 4.79 Å². The number of hydrogen-bond donors (Lipinski definition) is 2. The summed E-state index contributed by atoms with van der Waals surface area (Å²) < 4.78 is 12.5. The summed E-state index contributed by atoms with van der Waals surface area (Å²) in [5.41, 5.74) is 3.61. The Balaban J connectivity index is 1.36. The number of aromatic nitrogens is 1. The molecule has 5 aromatic rings. The number of benzene rings is 3. The van der Waals surface area contributed by atoms with Gasteiger partial charge in [-0.05, 0) is 91.4 Å². The molecule has 198 valence electrons. The molecule has 1 aliphatic heterocycles. The van der Waals surface area contributed by atoms with E-state index in [2.05, 4.69) is 10.3 Å². The molecule has 2 N–H and O–H groups in total. The van der Waals surface area contributed by atoms with Crippen molar-refractivity contribution in [2.24, 2.45) is 0 Å². The zero-order valence-corrected chi connectivity index (χ0v) is 22.3. The van der Waals surface area contributed by atoms with Gasteiger partial charge in [-0.3, -0.25) is 4.98 Å². The number of carbonyl (C=O) groups is 1. The molecule has 7 nitrogen and oxygen atoms in total. The Kier molecular flexibility index (Phi) is 6.76. The van der Waals surface area contributed by atoms with Crippen LogP contribution in [0.15, 0.2) is 114 Å². The van der Waals surface area contributed by atoms with Crippen LogP contribution in [0.5, 0.6) is 11.5 Å². The molecule has 3 aromatic carbocycles. The molecule has 1 aliphatic rings. The smallest absolute Gasteiger partial charge is 0.335 e. The summed E-state index contributed by atoms with van der Waals surface area (Å²) in [4.78, 5) is 18.1. The maximum absolute atomic E-state index is 11.5. The monoisotopic (exact) mass is 547 g/mol. The second-order valence-corrected chi connectivity index (χ2v) is 9.83. The van der Waals surface area contributed by atoms with Crippen molar-refractivity contribution in [3.63, 3.8) is 0 Å². The number of carboxylic acid groups (broad SMARTS) is 1. The Morgan fingerprint density at radius 2 is 1.77 bits per heavy atom. The molecule has 0 amide bonds. The van der Waals surface area contributed by atoms with Crippen LogP contribution in [0.2, 0.25) is 0 Å². The van der Waals surface area contributed by atoms with E-state index in [0.29, 0.717) is 27.9 Å². The van der Waals surface area contributed by atoms with Gasteiger partial charge in [0.25, 0.3) is 0 Å². The predicted molar refractivity (Wildman–Crippen MR) is 157 cm³/mol. The molecular weight excluding hydrogens is 522 g/mol.